The molecule has 98 valence electrons. The van der Waals surface area contributed by atoms with Crippen molar-refractivity contribution in [3.8, 4) is 0 Å². The van der Waals surface area contributed by atoms with Crippen molar-refractivity contribution >= 4 is 5.91 Å². The summed E-state index contributed by atoms with van der Waals surface area (Å²) in [6.07, 6.45) is 6.47. The lowest BCUT2D eigenvalue weighted by atomic mass is 9.77. The van der Waals surface area contributed by atoms with Crippen LogP contribution < -0.4 is 0 Å². The summed E-state index contributed by atoms with van der Waals surface area (Å²) in [6.45, 7) is 0. The van der Waals surface area contributed by atoms with Gasteiger partial charge in [0.25, 0.3) is 5.91 Å². The van der Waals surface area contributed by atoms with Gasteiger partial charge in [-0.3, -0.25) is 4.79 Å². The van der Waals surface area contributed by atoms with E-state index in [0.717, 1.165) is 12.8 Å². The van der Waals surface area contributed by atoms with Crippen LogP contribution in [0.4, 0.5) is 4.39 Å². The first kappa shape index (κ1) is 12.1. The van der Waals surface area contributed by atoms with Gasteiger partial charge in [0.15, 0.2) is 0 Å². The number of rotatable bonds is 2. The predicted molar refractivity (Wildman–Crippen MR) is 69.4 cm³/mol. The Hall–Kier alpha value is -1.97. The molecule has 19 heavy (non-hydrogen) atoms. The third-order valence-corrected chi connectivity index (χ3v) is 3.97. The van der Waals surface area contributed by atoms with Crippen LogP contribution >= 0.6 is 0 Å². The van der Waals surface area contributed by atoms with Gasteiger partial charge in [-0.15, -0.1) is 0 Å². The first-order valence-corrected chi connectivity index (χ1v) is 6.53. The molecule has 4 heteroatoms. The number of halogens is 1. The van der Waals surface area contributed by atoms with E-state index in [1.165, 1.54) is 10.7 Å². The largest absolute Gasteiger partial charge is 0.272 e. The van der Waals surface area contributed by atoms with Gasteiger partial charge in [0.2, 0.25) is 0 Å². The summed E-state index contributed by atoms with van der Waals surface area (Å²) in [5.41, 5.74) is -0.245. The first-order valence-electron chi connectivity index (χ1n) is 6.53. The lowest BCUT2D eigenvalue weighted by molar-refractivity contribution is 0.0776. The van der Waals surface area contributed by atoms with E-state index in [4.69, 9.17) is 0 Å². The van der Waals surface area contributed by atoms with Gasteiger partial charge in [-0.25, -0.2) is 9.07 Å². The molecule has 0 bridgehead atoms. The minimum atomic E-state index is -0.753. The molecule has 0 radical (unpaired) electrons. The van der Waals surface area contributed by atoms with E-state index in [2.05, 4.69) is 5.10 Å². The molecule has 0 N–H and O–H groups in total. The summed E-state index contributed by atoms with van der Waals surface area (Å²) >= 11 is 0. The van der Waals surface area contributed by atoms with Gasteiger partial charge < -0.3 is 0 Å². The molecule has 0 saturated heterocycles. The Kier molecular flexibility index (Phi) is 2.93. The highest BCUT2D eigenvalue weighted by Crippen LogP contribution is 2.43. The molecule has 1 aromatic heterocycles. The Bertz CT molecular complexity index is 586. The Morgan fingerprint density at radius 3 is 2.58 bits per heavy atom. The molecule has 3 rings (SSSR count). The van der Waals surface area contributed by atoms with E-state index >= 15 is 0 Å². The number of hydrogen-bond donors (Lipinski definition) is 0. The summed E-state index contributed by atoms with van der Waals surface area (Å²) in [4.78, 5) is 12.7. The Balaban J connectivity index is 2.10. The minimum Gasteiger partial charge on any atom is -0.272 e. The Morgan fingerprint density at radius 1 is 1.21 bits per heavy atom. The van der Waals surface area contributed by atoms with E-state index in [1.54, 1.807) is 36.7 Å². The predicted octanol–water partition coefficient (Wildman–Crippen LogP) is 3.17. The molecule has 1 saturated carbocycles. The van der Waals surface area contributed by atoms with Gasteiger partial charge in [-0.05, 0) is 25.0 Å². The quantitative estimate of drug-likeness (QED) is 0.829. The second-order valence-corrected chi connectivity index (χ2v) is 5.02. The smallest absolute Gasteiger partial charge is 0.257 e. The number of benzene rings is 1. The number of aromatic nitrogens is 2. The fraction of sp³-hybridized carbons (Fsp3) is 0.333. The van der Waals surface area contributed by atoms with Gasteiger partial charge in [-0.1, -0.05) is 31.0 Å². The molecule has 1 heterocycles. The molecule has 1 aliphatic carbocycles. The lowest BCUT2D eigenvalue weighted by Gasteiger charge is -2.27. The van der Waals surface area contributed by atoms with Crippen LogP contribution in [0.5, 0.6) is 0 Å². The van der Waals surface area contributed by atoms with Crippen molar-refractivity contribution in [3.05, 3.63) is 54.1 Å². The second-order valence-electron chi connectivity index (χ2n) is 5.02. The normalized spacial score (nSPS) is 17.5. The second kappa shape index (κ2) is 4.61. The van der Waals surface area contributed by atoms with E-state index in [-0.39, 0.29) is 11.7 Å². The summed E-state index contributed by atoms with van der Waals surface area (Å²) in [7, 11) is 0. The minimum absolute atomic E-state index is 0.125. The van der Waals surface area contributed by atoms with Gasteiger partial charge in [-0.2, -0.15) is 5.10 Å². The zero-order valence-corrected chi connectivity index (χ0v) is 10.6. The average Bonchev–Trinajstić information content (AvgIpc) is 3.11. The molecule has 3 nitrogen and oxygen atoms in total. The van der Waals surface area contributed by atoms with Crippen LogP contribution in [0.1, 0.15) is 36.0 Å². The fourth-order valence-electron chi connectivity index (χ4n) is 3.03. The first-order chi connectivity index (χ1) is 9.24. The van der Waals surface area contributed by atoms with Crippen LogP contribution in [0.25, 0.3) is 0 Å². The molecule has 2 aromatic rings. The SMILES string of the molecule is O=C(n1cccn1)C1(c2ccccc2F)CCCC1. The number of carbonyl (C=O) groups excluding carboxylic acids is 1. The zero-order valence-electron chi connectivity index (χ0n) is 10.6. The average molecular weight is 258 g/mol. The molecule has 1 fully saturated rings. The molecule has 0 spiro atoms. The molecular formula is C15H15FN2O. The van der Waals surface area contributed by atoms with Gasteiger partial charge >= 0.3 is 0 Å². The standard InChI is InChI=1S/C15H15FN2O/c16-13-7-2-1-6-12(13)15(8-3-4-9-15)14(19)18-11-5-10-17-18/h1-2,5-7,10-11H,3-4,8-9H2. The summed E-state index contributed by atoms with van der Waals surface area (Å²) in [5.74, 6) is -0.426. The molecular weight excluding hydrogens is 243 g/mol. The van der Waals surface area contributed by atoms with E-state index in [1.807, 2.05) is 0 Å². The highest BCUT2D eigenvalue weighted by molar-refractivity contribution is 5.90. The maximum atomic E-state index is 14.1. The highest BCUT2D eigenvalue weighted by Gasteiger charge is 2.45. The van der Waals surface area contributed by atoms with Crippen LogP contribution in [-0.4, -0.2) is 15.7 Å². The van der Waals surface area contributed by atoms with Gasteiger partial charge in [0.05, 0.1) is 5.41 Å². The molecule has 1 aliphatic rings. The van der Waals surface area contributed by atoms with Crippen LogP contribution in [0.15, 0.2) is 42.7 Å². The van der Waals surface area contributed by atoms with Crippen molar-refractivity contribution in [2.24, 2.45) is 0 Å². The van der Waals surface area contributed by atoms with Crippen molar-refractivity contribution in [1.82, 2.24) is 9.78 Å². The molecule has 0 aliphatic heterocycles. The van der Waals surface area contributed by atoms with E-state index < -0.39 is 5.41 Å². The third-order valence-electron chi connectivity index (χ3n) is 3.97. The lowest BCUT2D eigenvalue weighted by Crippen LogP contribution is -2.38. The van der Waals surface area contributed by atoms with Crippen LogP contribution in [0.2, 0.25) is 0 Å². The third kappa shape index (κ3) is 1.87. The maximum absolute atomic E-state index is 14.1. The van der Waals surface area contributed by atoms with Gasteiger partial charge in [0, 0.05) is 18.0 Å². The molecule has 1 aromatic carbocycles. The monoisotopic (exact) mass is 258 g/mol. The van der Waals surface area contributed by atoms with Crippen molar-refractivity contribution in [2.75, 3.05) is 0 Å². The topological polar surface area (TPSA) is 34.9 Å². The molecule has 0 amide bonds. The number of carbonyl (C=O) groups is 1. The molecule has 0 atom stereocenters. The van der Waals surface area contributed by atoms with Crippen molar-refractivity contribution in [1.29, 1.82) is 0 Å². The summed E-state index contributed by atoms with van der Waals surface area (Å²) in [6, 6.07) is 8.30. The van der Waals surface area contributed by atoms with Crippen molar-refractivity contribution in [3.63, 3.8) is 0 Å². The summed E-state index contributed by atoms with van der Waals surface area (Å²) in [5, 5.41) is 4.01. The van der Waals surface area contributed by atoms with Gasteiger partial charge in [0.1, 0.15) is 5.82 Å². The Labute approximate surface area is 111 Å². The highest BCUT2D eigenvalue weighted by atomic mass is 19.1. The number of hydrogen-bond acceptors (Lipinski definition) is 2. The van der Waals surface area contributed by atoms with E-state index in [9.17, 15) is 9.18 Å². The number of nitrogens with zero attached hydrogens (tertiary/aromatic N) is 2. The zero-order chi connectivity index (χ0) is 13.3. The van der Waals surface area contributed by atoms with Crippen molar-refractivity contribution < 1.29 is 9.18 Å². The summed E-state index contributed by atoms with van der Waals surface area (Å²) < 4.78 is 15.4. The fourth-order valence-corrected chi connectivity index (χ4v) is 3.03. The van der Waals surface area contributed by atoms with Crippen LogP contribution in [0, 0.1) is 5.82 Å². The van der Waals surface area contributed by atoms with Crippen LogP contribution in [0.3, 0.4) is 0 Å². The Morgan fingerprint density at radius 2 is 1.95 bits per heavy atom. The van der Waals surface area contributed by atoms with Crippen molar-refractivity contribution in [2.45, 2.75) is 31.1 Å². The molecule has 0 unspecified atom stereocenters. The van der Waals surface area contributed by atoms with Crippen LogP contribution in [-0.2, 0) is 5.41 Å². The van der Waals surface area contributed by atoms with E-state index in [0.29, 0.717) is 18.4 Å². The maximum Gasteiger partial charge on any atom is 0.257 e.